The van der Waals surface area contributed by atoms with Crippen LogP contribution in [0, 0.1) is 0 Å². The molecule has 0 spiro atoms. The van der Waals surface area contributed by atoms with Crippen LogP contribution in [0.15, 0.2) is 44.5 Å². The van der Waals surface area contributed by atoms with E-state index in [9.17, 15) is 13.2 Å². The number of nitrogens with one attached hydrogen (secondary N) is 2. The average Bonchev–Trinajstić information content (AvgIpc) is 3.33. The van der Waals surface area contributed by atoms with E-state index >= 15 is 0 Å². The lowest BCUT2D eigenvalue weighted by Gasteiger charge is -2.00. The Bertz CT molecular complexity index is 942. The zero-order chi connectivity index (χ0) is 17.2. The third-order valence-electron chi connectivity index (χ3n) is 3.06. The molecule has 3 aromatic rings. The highest BCUT2D eigenvalue weighted by atomic mass is 32.2. The number of sulfonamides is 1. The number of hydrogen-bond acceptors (Lipinski definition) is 7. The van der Waals surface area contributed by atoms with Crippen LogP contribution in [0.2, 0.25) is 0 Å². The third kappa shape index (κ3) is 3.56. The molecule has 24 heavy (non-hydrogen) atoms. The number of thiophene rings is 1. The average molecular weight is 383 g/mol. The molecule has 0 aliphatic heterocycles. The molecular formula is C14H13N3O4S3. The lowest BCUT2D eigenvalue weighted by Crippen LogP contribution is -2.22. The van der Waals surface area contributed by atoms with E-state index < -0.39 is 10.0 Å². The van der Waals surface area contributed by atoms with Crippen LogP contribution in [-0.4, -0.2) is 26.4 Å². The van der Waals surface area contributed by atoms with Crippen LogP contribution in [0.3, 0.4) is 0 Å². The summed E-state index contributed by atoms with van der Waals surface area (Å²) < 4.78 is 31.1. The van der Waals surface area contributed by atoms with E-state index in [2.05, 4.69) is 15.0 Å². The Hall–Kier alpha value is -2.01. The first kappa shape index (κ1) is 16.8. The number of aromatic nitrogens is 1. The van der Waals surface area contributed by atoms with Gasteiger partial charge < -0.3 is 9.73 Å². The maximum Gasteiger partial charge on any atom is 0.271 e. The van der Waals surface area contributed by atoms with Gasteiger partial charge in [-0.25, -0.2) is 18.1 Å². The minimum absolute atomic E-state index is 0.211. The minimum atomic E-state index is -3.46. The molecule has 0 unspecified atom stereocenters. The maximum atomic E-state index is 12.1. The molecule has 126 valence electrons. The fourth-order valence-corrected chi connectivity index (χ4v) is 4.75. The number of hydrogen-bond donors (Lipinski definition) is 2. The van der Waals surface area contributed by atoms with Crippen molar-refractivity contribution in [2.75, 3.05) is 7.05 Å². The van der Waals surface area contributed by atoms with E-state index in [4.69, 9.17) is 4.42 Å². The molecule has 3 heterocycles. The van der Waals surface area contributed by atoms with E-state index in [1.165, 1.54) is 24.5 Å². The summed E-state index contributed by atoms with van der Waals surface area (Å²) in [5, 5.41) is 5.01. The molecule has 10 heteroatoms. The lowest BCUT2D eigenvalue weighted by molar-refractivity contribution is 0.0947. The Labute approximate surface area is 146 Å². The van der Waals surface area contributed by atoms with Crippen molar-refractivity contribution in [1.29, 1.82) is 0 Å². The van der Waals surface area contributed by atoms with Crippen molar-refractivity contribution < 1.29 is 17.6 Å². The normalized spacial score (nSPS) is 11.5. The molecule has 0 aromatic carbocycles. The number of nitrogens with zero attached hydrogens (tertiary/aromatic N) is 1. The van der Waals surface area contributed by atoms with Gasteiger partial charge in [-0.15, -0.1) is 22.7 Å². The highest BCUT2D eigenvalue weighted by molar-refractivity contribution is 7.91. The quantitative estimate of drug-likeness (QED) is 0.680. The first-order chi connectivity index (χ1) is 11.5. The first-order valence-electron chi connectivity index (χ1n) is 6.79. The summed E-state index contributed by atoms with van der Waals surface area (Å²) in [5.74, 6) is 0.287. The molecule has 3 aromatic heterocycles. The molecule has 0 saturated heterocycles. The van der Waals surface area contributed by atoms with Crippen molar-refractivity contribution in [3.8, 4) is 10.8 Å². The summed E-state index contributed by atoms with van der Waals surface area (Å²) in [4.78, 5) is 17.1. The molecule has 0 atom stereocenters. The SMILES string of the molecule is CNS(=O)(=O)c1ccc(CNC(=O)c2csc(-c3ccco3)n2)s1. The zero-order valence-electron chi connectivity index (χ0n) is 12.5. The van der Waals surface area contributed by atoms with Gasteiger partial charge in [0.15, 0.2) is 10.8 Å². The summed E-state index contributed by atoms with van der Waals surface area (Å²) in [7, 11) is -2.10. The van der Waals surface area contributed by atoms with E-state index in [1.807, 2.05) is 0 Å². The van der Waals surface area contributed by atoms with Gasteiger partial charge in [0.1, 0.15) is 9.90 Å². The van der Waals surface area contributed by atoms with Gasteiger partial charge in [0.2, 0.25) is 10.0 Å². The Morgan fingerprint density at radius 3 is 2.88 bits per heavy atom. The van der Waals surface area contributed by atoms with Crippen LogP contribution < -0.4 is 10.0 Å². The van der Waals surface area contributed by atoms with Gasteiger partial charge in [0.25, 0.3) is 5.91 Å². The molecule has 0 fully saturated rings. The van der Waals surface area contributed by atoms with Gasteiger partial charge in [-0.1, -0.05) is 0 Å². The molecular weight excluding hydrogens is 370 g/mol. The standard InChI is InChI=1S/C14H13N3O4S3/c1-15-24(19,20)12-5-4-9(23-12)7-16-13(18)10-8-22-14(17-10)11-3-2-6-21-11/h2-6,8,15H,7H2,1H3,(H,16,18). The van der Waals surface area contributed by atoms with E-state index in [0.29, 0.717) is 16.5 Å². The maximum absolute atomic E-state index is 12.1. The Balaban J connectivity index is 1.64. The zero-order valence-corrected chi connectivity index (χ0v) is 14.9. The second kappa shape index (κ2) is 6.85. The number of furan rings is 1. The topological polar surface area (TPSA) is 101 Å². The van der Waals surface area contributed by atoms with Crippen molar-refractivity contribution in [2.45, 2.75) is 10.8 Å². The first-order valence-corrected chi connectivity index (χ1v) is 9.97. The molecule has 1 amide bonds. The van der Waals surface area contributed by atoms with Gasteiger partial charge in [0, 0.05) is 10.3 Å². The van der Waals surface area contributed by atoms with E-state index in [0.717, 1.165) is 16.2 Å². The van der Waals surface area contributed by atoms with Gasteiger partial charge in [-0.05, 0) is 31.3 Å². The molecule has 0 aliphatic carbocycles. The van der Waals surface area contributed by atoms with Crippen molar-refractivity contribution in [3.05, 3.63) is 46.5 Å². The van der Waals surface area contributed by atoms with E-state index in [-0.39, 0.29) is 16.7 Å². The van der Waals surface area contributed by atoms with Crippen LogP contribution in [0.25, 0.3) is 10.8 Å². The Morgan fingerprint density at radius 2 is 2.17 bits per heavy atom. The highest BCUT2D eigenvalue weighted by Gasteiger charge is 2.16. The van der Waals surface area contributed by atoms with Crippen molar-refractivity contribution in [3.63, 3.8) is 0 Å². The molecule has 0 aliphatic rings. The lowest BCUT2D eigenvalue weighted by atomic mass is 10.4. The van der Waals surface area contributed by atoms with Crippen LogP contribution in [0.4, 0.5) is 0 Å². The Morgan fingerprint density at radius 1 is 1.33 bits per heavy atom. The third-order valence-corrected chi connectivity index (χ3v) is 6.91. The molecule has 7 nitrogen and oxygen atoms in total. The second-order valence-electron chi connectivity index (χ2n) is 4.63. The van der Waals surface area contributed by atoms with Crippen molar-refractivity contribution in [1.82, 2.24) is 15.0 Å². The van der Waals surface area contributed by atoms with Crippen molar-refractivity contribution in [2.24, 2.45) is 0 Å². The van der Waals surface area contributed by atoms with Crippen molar-refractivity contribution >= 4 is 38.6 Å². The smallest absolute Gasteiger partial charge is 0.271 e. The number of carbonyl (C=O) groups is 1. The largest absolute Gasteiger partial charge is 0.462 e. The summed E-state index contributed by atoms with van der Waals surface area (Å²) in [5.41, 5.74) is 0.297. The van der Waals surface area contributed by atoms with Crippen LogP contribution >= 0.6 is 22.7 Å². The van der Waals surface area contributed by atoms with Gasteiger partial charge in [-0.3, -0.25) is 4.79 Å². The van der Waals surface area contributed by atoms with Crippen LogP contribution in [0.5, 0.6) is 0 Å². The Kier molecular flexibility index (Phi) is 4.81. The fourth-order valence-electron chi connectivity index (χ4n) is 1.85. The summed E-state index contributed by atoms with van der Waals surface area (Å²) in [6, 6.07) is 6.71. The predicted octanol–water partition coefficient (Wildman–Crippen LogP) is 2.30. The molecule has 0 bridgehead atoms. The monoisotopic (exact) mass is 383 g/mol. The molecule has 0 saturated carbocycles. The highest BCUT2D eigenvalue weighted by Crippen LogP contribution is 2.24. The van der Waals surface area contributed by atoms with Crippen LogP contribution in [0.1, 0.15) is 15.4 Å². The van der Waals surface area contributed by atoms with Gasteiger partial charge in [0.05, 0.1) is 12.8 Å². The molecule has 2 N–H and O–H groups in total. The minimum Gasteiger partial charge on any atom is -0.462 e. The van der Waals surface area contributed by atoms with Gasteiger partial charge >= 0.3 is 0 Å². The van der Waals surface area contributed by atoms with E-state index in [1.54, 1.807) is 29.8 Å². The number of carbonyl (C=O) groups excluding carboxylic acids is 1. The summed E-state index contributed by atoms with van der Waals surface area (Å²) in [6.45, 7) is 0.232. The van der Waals surface area contributed by atoms with Crippen LogP contribution in [-0.2, 0) is 16.6 Å². The number of thiazole rings is 1. The number of rotatable bonds is 6. The van der Waals surface area contributed by atoms with Gasteiger partial charge in [-0.2, -0.15) is 0 Å². The molecule has 3 rings (SSSR count). The second-order valence-corrected chi connectivity index (χ2v) is 8.77. The number of amides is 1. The molecule has 0 radical (unpaired) electrons. The summed E-state index contributed by atoms with van der Waals surface area (Å²) in [6.07, 6.45) is 1.55. The summed E-state index contributed by atoms with van der Waals surface area (Å²) >= 11 is 2.42. The predicted molar refractivity (Wildman–Crippen MR) is 91.6 cm³/mol. The fraction of sp³-hybridized carbons (Fsp3) is 0.143.